The zero-order chi connectivity index (χ0) is 18.7. The van der Waals surface area contributed by atoms with E-state index in [9.17, 15) is 0 Å². The van der Waals surface area contributed by atoms with E-state index in [0.29, 0.717) is 27.5 Å². The fraction of sp³-hybridized carbons (Fsp3) is 0.111. The molecular formula is C18H14BrCl2N3OS. The topological polar surface area (TPSA) is 50.1 Å². The maximum absolute atomic E-state index is 6.27. The summed E-state index contributed by atoms with van der Waals surface area (Å²) in [6.45, 7) is 2.34. The number of pyridine rings is 1. The number of rotatable bonds is 4. The van der Waals surface area contributed by atoms with Crippen molar-refractivity contribution in [1.29, 1.82) is 0 Å². The van der Waals surface area contributed by atoms with Crippen molar-refractivity contribution < 1.29 is 4.42 Å². The molecule has 0 fully saturated rings. The molecule has 26 heavy (non-hydrogen) atoms. The van der Waals surface area contributed by atoms with Crippen molar-refractivity contribution in [3.05, 3.63) is 68.4 Å². The van der Waals surface area contributed by atoms with Gasteiger partial charge in [0.25, 0.3) is 0 Å². The minimum atomic E-state index is 0.408. The third kappa shape index (κ3) is 4.57. The summed E-state index contributed by atoms with van der Waals surface area (Å²) in [5.41, 5.74) is 1.85. The molecule has 0 aliphatic heterocycles. The quantitative estimate of drug-likeness (QED) is 0.444. The number of aromatic nitrogens is 1. The van der Waals surface area contributed by atoms with Crippen LogP contribution in [0.15, 0.2) is 51.5 Å². The molecular weight excluding hydrogens is 457 g/mol. The molecule has 0 amide bonds. The van der Waals surface area contributed by atoms with Gasteiger partial charge >= 0.3 is 0 Å². The minimum Gasteiger partial charge on any atom is -0.459 e. The van der Waals surface area contributed by atoms with Gasteiger partial charge in [0, 0.05) is 21.3 Å². The van der Waals surface area contributed by atoms with Crippen molar-refractivity contribution >= 4 is 62.3 Å². The second-order valence-electron chi connectivity index (χ2n) is 5.47. The van der Waals surface area contributed by atoms with Crippen molar-refractivity contribution in [3.8, 4) is 11.3 Å². The minimum absolute atomic E-state index is 0.408. The summed E-state index contributed by atoms with van der Waals surface area (Å²) in [5, 5.41) is 7.69. The van der Waals surface area contributed by atoms with Crippen LogP contribution in [0.2, 0.25) is 10.0 Å². The van der Waals surface area contributed by atoms with Gasteiger partial charge in [-0.25, -0.2) is 4.98 Å². The number of furan rings is 1. The van der Waals surface area contributed by atoms with Gasteiger partial charge in [-0.1, -0.05) is 23.2 Å². The van der Waals surface area contributed by atoms with Gasteiger partial charge < -0.3 is 15.1 Å². The lowest BCUT2D eigenvalue weighted by atomic mass is 10.2. The molecule has 2 aromatic heterocycles. The van der Waals surface area contributed by atoms with E-state index in [4.69, 9.17) is 39.8 Å². The summed E-state index contributed by atoms with van der Waals surface area (Å²) in [6, 6.07) is 11.3. The van der Waals surface area contributed by atoms with E-state index in [2.05, 4.69) is 31.5 Å². The molecule has 2 heterocycles. The average Bonchev–Trinajstić information content (AvgIpc) is 3.10. The first-order valence-corrected chi connectivity index (χ1v) is 9.60. The normalized spacial score (nSPS) is 10.6. The van der Waals surface area contributed by atoms with Crippen LogP contribution in [0.1, 0.15) is 11.3 Å². The smallest absolute Gasteiger partial charge is 0.172 e. The average molecular weight is 471 g/mol. The molecule has 4 nitrogen and oxygen atoms in total. The summed E-state index contributed by atoms with van der Waals surface area (Å²) in [6.07, 6.45) is 1.68. The maximum atomic E-state index is 6.27. The number of benzene rings is 1. The zero-order valence-corrected chi connectivity index (χ0v) is 17.6. The van der Waals surface area contributed by atoms with Crippen molar-refractivity contribution in [2.24, 2.45) is 0 Å². The molecule has 0 aliphatic carbocycles. The van der Waals surface area contributed by atoms with Gasteiger partial charge in [0.2, 0.25) is 0 Å². The molecule has 2 N–H and O–H groups in total. The van der Waals surface area contributed by atoms with Gasteiger partial charge in [0.05, 0.1) is 11.6 Å². The predicted octanol–water partition coefficient (Wildman–Crippen LogP) is 6.21. The lowest BCUT2D eigenvalue weighted by molar-refractivity contribution is 0.516. The molecule has 0 bridgehead atoms. The highest BCUT2D eigenvalue weighted by Crippen LogP contribution is 2.29. The first-order chi connectivity index (χ1) is 12.4. The summed E-state index contributed by atoms with van der Waals surface area (Å²) in [5.74, 6) is 2.03. The van der Waals surface area contributed by atoms with Crippen LogP contribution in [0.5, 0.6) is 0 Å². The largest absolute Gasteiger partial charge is 0.459 e. The van der Waals surface area contributed by atoms with Crippen LogP contribution in [0, 0.1) is 6.92 Å². The zero-order valence-electron chi connectivity index (χ0n) is 13.6. The van der Waals surface area contributed by atoms with Gasteiger partial charge in [-0.15, -0.1) is 0 Å². The Morgan fingerprint density at radius 1 is 1.19 bits per heavy atom. The summed E-state index contributed by atoms with van der Waals surface area (Å²) >= 11 is 20.9. The number of anilines is 1. The first kappa shape index (κ1) is 19.2. The molecule has 0 saturated carbocycles. The molecule has 134 valence electrons. The molecule has 8 heteroatoms. The van der Waals surface area contributed by atoms with Gasteiger partial charge in [-0.3, -0.25) is 0 Å². The van der Waals surface area contributed by atoms with Crippen LogP contribution < -0.4 is 10.6 Å². The van der Waals surface area contributed by atoms with E-state index < -0.39 is 0 Å². The maximum Gasteiger partial charge on any atom is 0.172 e. The number of nitrogens with zero attached hydrogens (tertiary/aromatic N) is 1. The molecule has 3 rings (SSSR count). The number of hydrogen-bond acceptors (Lipinski definition) is 3. The Labute approximate surface area is 175 Å². The number of thiocarbonyl (C=S) groups is 1. The first-order valence-electron chi connectivity index (χ1n) is 7.64. The molecule has 1 aromatic carbocycles. The van der Waals surface area contributed by atoms with E-state index in [1.807, 2.05) is 43.3 Å². The summed E-state index contributed by atoms with van der Waals surface area (Å²) in [4.78, 5) is 4.23. The van der Waals surface area contributed by atoms with E-state index in [1.165, 1.54) is 0 Å². The van der Waals surface area contributed by atoms with Crippen molar-refractivity contribution in [2.75, 3.05) is 5.32 Å². The van der Waals surface area contributed by atoms with Crippen LogP contribution in [0.3, 0.4) is 0 Å². The van der Waals surface area contributed by atoms with Crippen LogP contribution >= 0.6 is 51.3 Å². The number of halogens is 3. The summed E-state index contributed by atoms with van der Waals surface area (Å²) < 4.78 is 6.67. The van der Waals surface area contributed by atoms with Gasteiger partial charge in [-0.2, -0.15) is 0 Å². The second-order valence-corrected chi connectivity index (χ2v) is 7.55. The Hall–Kier alpha value is -1.60. The number of nitrogens with one attached hydrogen (secondary N) is 2. The number of hydrogen-bond donors (Lipinski definition) is 2. The van der Waals surface area contributed by atoms with E-state index in [0.717, 1.165) is 27.1 Å². The van der Waals surface area contributed by atoms with E-state index >= 15 is 0 Å². The molecule has 0 saturated heterocycles. The third-order valence-electron chi connectivity index (χ3n) is 3.65. The standard InChI is InChI=1S/C18H14BrCl2N3OS/c1-10-14(19)9-22-17(16(10)21)24-18(26)23-8-13-6-7-15(25-13)11-2-4-12(20)5-3-11/h2-7,9H,8H2,1H3,(H2,22,23,24,26). The summed E-state index contributed by atoms with van der Waals surface area (Å²) in [7, 11) is 0. The molecule has 0 radical (unpaired) electrons. The fourth-order valence-electron chi connectivity index (χ4n) is 2.21. The monoisotopic (exact) mass is 469 g/mol. The van der Waals surface area contributed by atoms with Crippen LogP contribution in [-0.4, -0.2) is 10.1 Å². The van der Waals surface area contributed by atoms with Crippen molar-refractivity contribution in [1.82, 2.24) is 10.3 Å². The predicted molar refractivity (Wildman–Crippen MR) is 114 cm³/mol. The molecule has 0 unspecified atom stereocenters. The lowest BCUT2D eigenvalue weighted by Crippen LogP contribution is -2.28. The lowest BCUT2D eigenvalue weighted by Gasteiger charge is -2.12. The van der Waals surface area contributed by atoms with Gasteiger partial charge in [0.1, 0.15) is 11.5 Å². The highest BCUT2D eigenvalue weighted by Gasteiger charge is 2.10. The Balaban J connectivity index is 1.60. The molecule has 3 aromatic rings. The Bertz CT molecular complexity index is 944. The molecule has 0 atom stereocenters. The van der Waals surface area contributed by atoms with Gasteiger partial charge in [-0.05, 0) is 77.0 Å². The highest BCUT2D eigenvalue weighted by atomic mass is 79.9. The van der Waals surface area contributed by atoms with E-state index in [-0.39, 0.29) is 0 Å². The highest BCUT2D eigenvalue weighted by molar-refractivity contribution is 9.10. The van der Waals surface area contributed by atoms with Crippen LogP contribution in [0.4, 0.5) is 5.82 Å². The molecule has 0 spiro atoms. The van der Waals surface area contributed by atoms with Gasteiger partial charge in [0.15, 0.2) is 10.9 Å². The Morgan fingerprint density at radius 2 is 1.92 bits per heavy atom. The van der Waals surface area contributed by atoms with Crippen molar-refractivity contribution in [2.45, 2.75) is 13.5 Å². The Morgan fingerprint density at radius 3 is 2.65 bits per heavy atom. The third-order valence-corrected chi connectivity index (χ3v) is 5.41. The second kappa shape index (κ2) is 8.39. The van der Waals surface area contributed by atoms with E-state index in [1.54, 1.807) is 6.20 Å². The Kier molecular flexibility index (Phi) is 6.19. The molecule has 0 aliphatic rings. The van der Waals surface area contributed by atoms with Crippen LogP contribution in [-0.2, 0) is 6.54 Å². The fourth-order valence-corrected chi connectivity index (χ4v) is 3.11. The van der Waals surface area contributed by atoms with Crippen LogP contribution in [0.25, 0.3) is 11.3 Å². The van der Waals surface area contributed by atoms with Crippen molar-refractivity contribution in [3.63, 3.8) is 0 Å². The SMILES string of the molecule is Cc1c(Br)cnc(NC(=S)NCc2ccc(-c3ccc(Cl)cc3)o2)c1Cl.